The van der Waals surface area contributed by atoms with E-state index in [1.54, 1.807) is 6.07 Å². The van der Waals surface area contributed by atoms with E-state index < -0.39 is 5.63 Å². The highest BCUT2D eigenvalue weighted by Crippen LogP contribution is 2.23. The first-order valence-corrected chi connectivity index (χ1v) is 8.34. The summed E-state index contributed by atoms with van der Waals surface area (Å²) in [6.07, 6.45) is 2.04. The Kier molecular flexibility index (Phi) is 6.01. The summed E-state index contributed by atoms with van der Waals surface area (Å²) in [5.41, 5.74) is 1.60. The highest BCUT2D eigenvalue weighted by Gasteiger charge is 2.13. The molecule has 1 aromatic carbocycles. The van der Waals surface area contributed by atoms with Gasteiger partial charge in [-0.25, -0.2) is 4.79 Å². The zero-order valence-corrected chi connectivity index (χ0v) is 14.8. The number of fused-ring (bicyclic) bond motifs is 1. The van der Waals surface area contributed by atoms with Crippen molar-refractivity contribution >= 4 is 22.6 Å². The number of hydrogen-bond acceptors (Lipinski definition) is 5. The van der Waals surface area contributed by atoms with E-state index in [2.05, 4.69) is 13.8 Å². The summed E-state index contributed by atoms with van der Waals surface area (Å²) in [5.74, 6) is 0.0691. The van der Waals surface area contributed by atoms with E-state index in [1.165, 1.54) is 6.07 Å². The summed E-state index contributed by atoms with van der Waals surface area (Å²) in [6, 6.07) is 6.98. The van der Waals surface area contributed by atoms with E-state index >= 15 is 0 Å². The van der Waals surface area contributed by atoms with E-state index in [0.717, 1.165) is 23.9 Å². The van der Waals surface area contributed by atoms with Gasteiger partial charge < -0.3 is 14.1 Å². The van der Waals surface area contributed by atoms with Crippen LogP contribution in [0.2, 0.25) is 0 Å². The summed E-state index contributed by atoms with van der Waals surface area (Å²) < 4.78 is 10.6. The van der Waals surface area contributed by atoms with Gasteiger partial charge >= 0.3 is 11.6 Å². The summed E-state index contributed by atoms with van der Waals surface area (Å²) in [6.45, 7) is 4.59. The molecule has 0 aliphatic carbocycles. The topological polar surface area (TPSA) is 59.8 Å². The molecule has 2 rings (SSSR count). The van der Waals surface area contributed by atoms with Crippen LogP contribution in [0.5, 0.6) is 0 Å². The normalized spacial score (nSPS) is 11.0. The van der Waals surface area contributed by atoms with Crippen LogP contribution in [-0.4, -0.2) is 26.7 Å². The molecule has 0 amide bonds. The van der Waals surface area contributed by atoms with Crippen molar-refractivity contribution < 1.29 is 13.9 Å². The molecule has 1 aromatic heterocycles. The fraction of sp³-hybridized carbons (Fsp3) is 0.474. The molecule has 0 bridgehead atoms. The molecule has 0 atom stereocenters. The SMILES string of the molecule is CCC(CC)COC(=O)Cc1cc(=O)oc2cc(N(C)C)ccc12. The van der Waals surface area contributed by atoms with Gasteiger partial charge in [0.25, 0.3) is 0 Å². The molecule has 1 heterocycles. The minimum Gasteiger partial charge on any atom is -0.465 e. The minimum absolute atomic E-state index is 0.0730. The van der Waals surface area contributed by atoms with Gasteiger partial charge in [-0.15, -0.1) is 0 Å². The average molecular weight is 331 g/mol. The quantitative estimate of drug-likeness (QED) is 0.575. The molecule has 130 valence electrons. The van der Waals surface area contributed by atoms with Crippen LogP contribution in [0.15, 0.2) is 33.5 Å². The smallest absolute Gasteiger partial charge is 0.336 e. The Morgan fingerprint density at radius 3 is 2.54 bits per heavy atom. The number of ether oxygens (including phenoxy) is 1. The summed E-state index contributed by atoms with van der Waals surface area (Å²) in [4.78, 5) is 25.8. The molecule has 2 aromatic rings. The fourth-order valence-corrected chi connectivity index (χ4v) is 2.58. The van der Waals surface area contributed by atoms with Crippen LogP contribution in [0.25, 0.3) is 11.0 Å². The maximum Gasteiger partial charge on any atom is 0.336 e. The van der Waals surface area contributed by atoms with E-state index in [-0.39, 0.29) is 12.4 Å². The Morgan fingerprint density at radius 2 is 1.92 bits per heavy atom. The Labute approximate surface area is 142 Å². The Morgan fingerprint density at radius 1 is 1.21 bits per heavy atom. The van der Waals surface area contributed by atoms with Crippen LogP contribution < -0.4 is 10.5 Å². The molecule has 0 saturated heterocycles. The first kappa shape index (κ1) is 18.0. The molecule has 0 aliphatic heterocycles. The summed E-state index contributed by atoms with van der Waals surface area (Å²) in [7, 11) is 3.83. The number of carbonyl (C=O) groups excluding carboxylic acids is 1. The van der Waals surface area contributed by atoms with Gasteiger partial charge in [-0.2, -0.15) is 0 Å². The Hall–Kier alpha value is -2.30. The molecule has 0 fully saturated rings. The van der Waals surface area contributed by atoms with Gasteiger partial charge in [0.2, 0.25) is 0 Å². The highest BCUT2D eigenvalue weighted by molar-refractivity contribution is 5.87. The zero-order valence-electron chi connectivity index (χ0n) is 14.8. The maximum absolute atomic E-state index is 12.1. The third-order valence-corrected chi connectivity index (χ3v) is 4.30. The van der Waals surface area contributed by atoms with Crippen LogP contribution in [-0.2, 0) is 16.0 Å². The summed E-state index contributed by atoms with van der Waals surface area (Å²) >= 11 is 0. The average Bonchev–Trinajstić information content (AvgIpc) is 2.54. The van der Waals surface area contributed by atoms with Gasteiger partial charge in [0, 0.05) is 37.3 Å². The van der Waals surface area contributed by atoms with Crippen molar-refractivity contribution in [2.75, 3.05) is 25.6 Å². The Balaban J connectivity index is 2.22. The van der Waals surface area contributed by atoms with Crippen molar-refractivity contribution in [3.05, 3.63) is 40.2 Å². The molecule has 0 spiro atoms. The molecule has 5 heteroatoms. The number of rotatable bonds is 7. The third-order valence-electron chi connectivity index (χ3n) is 4.30. The van der Waals surface area contributed by atoms with E-state index in [0.29, 0.717) is 23.7 Å². The number of anilines is 1. The predicted octanol–water partition coefficient (Wildman–Crippen LogP) is 3.38. The van der Waals surface area contributed by atoms with Crippen LogP contribution in [0.4, 0.5) is 5.69 Å². The summed E-state index contributed by atoms with van der Waals surface area (Å²) in [5, 5.41) is 0.764. The molecule has 24 heavy (non-hydrogen) atoms. The molecule has 0 N–H and O–H groups in total. The second-order valence-corrected chi connectivity index (χ2v) is 6.21. The molecular formula is C19H25NO4. The Bertz CT molecular complexity index is 760. The molecule has 0 aliphatic rings. The second-order valence-electron chi connectivity index (χ2n) is 6.21. The van der Waals surface area contributed by atoms with Gasteiger partial charge in [0.05, 0.1) is 13.0 Å². The lowest BCUT2D eigenvalue weighted by molar-refractivity contribution is -0.144. The van der Waals surface area contributed by atoms with Crippen molar-refractivity contribution in [2.24, 2.45) is 5.92 Å². The van der Waals surface area contributed by atoms with Gasteiger partial charge in [-0.05, 0) is 23.6 Å². The molecule has 0 saturated carbocycles. The molecular weight excluding hydrogens is 306 g/mol. The number of hydrogen-bond donors (Lipinski definition) is 0. The van der Waals surface area contributed by atoms with Crippen molar-refractivity contribution in [2.45, 2.75) is 33.1 Å². The lowest BCUT2D eigenvalue weighted by atomic mass is 10.0. The predicted molar refractivity (Wildman–Crippen MR) is 95.5 cm³/mol. The number of carbonyl (C=O) groups is 1. The lowest BCUT2D eigenvalue weighted by Gasteiger charge is -2.14. The van der Waals surface area contributed by atoms with E-state index in [1.807, 2.05) is 31.1 Å². The zero-order chi connectivity index (χ0) is 17.7. The van der Waals surface area contributed by atoms with Crippen LogP contribution in [0, 0.1) is 5.92 Å². The van der Waals surface area contributed by atoms with Gasteiger partial charge in [0.15, 0.2) is 0 Å². The third kappa shape index (κ3) is 4.37. The van der Waals surface area contributed by atoms with Crippen LogP contribution in [0.3, 0.4) is 0 Å². The number of benzene rings is 1. The van der Waals surface area contributed by atoms with Crippen molar-refractivity contribution in [1.29, 1.82) is 0 Å². The van der Waals surface area contributed by atoms with Crippen molar-refractivity contribution in [1.82, 2.24) is 0 Å². The molecule has 5 nitrogen and oxygen atoms in total. The molecule has 0 unspecified atom stereocenters. The maximum atomic E-state index is 12.1. The van der Waals surface area contributed by atoms with Crippen molar-refractivity contribution in [3.63, 3.8) is 0 Å². The first-order chi connectivity index (χ1) is 11.4. The van der Waals surface area contributed by atoms with Gasteiger partial charge in [-0.3, -0.25) is 4.79 Å². The second kappa shape index (κ2) is 7.99. The van der Waals surface area contributed by atoms with Gasteiger partial charge in [0.1, 0.15) is 5.58 Å². The lowest BCUT2D eigenvalue weighted by Crippen LogP contribution is -2.16. The molecule has 0 radical (unpaired) electrons. The fourth-order valence-electron chi connectivity index (χ4n) is 2.58. The van der Waals surface area contributed by atoms with Crippen LogP contribution in [0.1, 0.15) is 32.3 Å². The van der Waals surface area contributed by atoms with Crippen molar-refractivity contribution in [3.8, 4) is 0 Å². The number of nitrogens with zero attached hydrogens (tertiary/aromatic N) is 1. The van der Waals surface area contributed by atoms with Crippen LogP contribution >= 0.6 is 0 Å². The largest absolute Gasteiger partial charge is 0.465 e. The van der Waals surface area contributed by atoms with Gasteiger partial charge in [-0.1, -0.05) is 26.7 Å². The first-order valence-electron chi connectivity index (χ1n) is 8.34. The minimum atomic E-state index is -0.457. The number of esters is 1. The van der Waals surface area contributed by atoms with E-state index in [9.17, 15) is 9.59 Å². The van der Waals surface area contributed by atoms with E-state index in [4.69, 9.17) is 9.15 Å². The monoisotopic (exact) mass is 331 g/mol. The highest BCUT2D eigenvalue weighted by atomic mass is 16.5. The standard InChI is InChI=1S/C19H25NO4/c1-5-13(6-2)12-23-18(21)9-14-10-19(22)24-17-11-15(20(3)4)7-8-16(14)17/h7-8,10-11,13H,5-6,9,12H2,1-4H3.